The van der Waals surface area contributed by atoms with Gasteiger partial charge in [0.25, 0.3) is 0 Å². The van der Waals surface area contributed by atoms with Crippen LogP contribution in [0.5, 0.6) is 0 Å². The van der Waals surface area contributed by atoms with Crippen LogP contribution >= 0.6 is 11.8 Å². The van der Waals surface area contributed by atoms with Crippen LogP contribution in [0.2, 0.25) is 0 Å². The zero-order valence-corrected chi connectivity index (χ0v) is 10.6. The fourth-order valence-corrected chi connectivity index (χ4v) is 1.69. The molecule has 0 aliphatic rings. The van der Waals surface area contributed by atoms with Gasteiger partial charge in [-0.05, 0) is 25.0 Å². The zero-order valence-electron chi connectivity index (χ0n) is 9.81. The Bertz CT molecular complexity index is 309. The van der Waals surface area contributed by atoms with Gasteiger partial charge in [-0.15, -0.1) is 11.8 Å². The molecular weight excluding hydrogens is 222 g/mol. The van der Waals surface area contributed by atoms with Crippen molar-refractivity contribution in [1.82, 2.24) is 9.97 Å². The molecule has 0 bridgehead atoms. The topological polar surface area (TPSA) is 58.0 Å². The normalized spacial score (nSPS) is 12.4. The van der Waals surface area contributed by atoms with E-state index in [2.05, 4.69) is 22.2 Å². The molecule has 0 spiro atoms. The Morgan fingerprint density at radius 3 is 3.00 bits per heavy atom. The summed E-state index contributed by atoms with van der Waals surface area (Å²) < 4.78 is 0. The predicted molar refractivity (Wildman–Crippen MR) is 67.8 cm³/mol. The third-order valence-corrected chi connectivity index (χ3v) is 2.98. The van der Waals surface area contributed by atoms with Gasteiger partial charge in [0.05, 0.1) is 0 Å². The monoisotopic (exact) mass is 241 g/mol. The number of aromatic nitrogens is 2. The van der Waals surface area contributed by atoms with Crippen molar-refractivity contribution < 1.29 is 5.11 Å². The molecule has 0 aliphatic carbocycles. The summed E-state index contributed by atoms with van der Waals surface area (Å²) in [4.78, 5) is 8.25. The van der Waals surface area contributed by atoms with Crippen molar-refractivity contribution in [2.75, 3.05) is 24.7 Å². The molecule has 0 radical (unpaired) electrons. The van der Waals surface area contributed by atoms with Gasteiger partial charge in [0, 0.05) is 19.2 Å². The number of rotatable bonds is 7. The Morgan fingerprint density at radius 2 is 2.31 bits per heavy atom. The van der Waals surface area contributed by atoms with Crippen LogP contribution in [-0.2, 0) is 0 Å². The van der Waals surface area contributed by atoms with E-state index in [1.54, 1.807) is 18.1 Å². The first kappa shape index (κ1) is 13.3. The van der Waals surface area contributed by atoms with Crippen LogP contribution in [0.25, 0.3) is 0 Å². The van der Waals surface area contributed by atoms with E-state index in [-0.39, 0.29) is 6.61 Å². The quantitative estimate of drug-likeness (QED) is 0.434. The number of hydrogen-bond acceptors (Lipinski definition) is 5. The molecule has 90 valence electrons. The Morgan fingerprint density at radius 1 is 1.50 bits per heavy atom. The lowest BCUT2D eigenvalue weighted by atomic mass is 10.1. The average Bonchev–Trinajstić information content (AvgIpc) is 2.34. The van der Waals surface area contributed by atoms with Crippen LogP contribution in [0.15, 0.2) is 17.4 Å². The lowest BCUT2D eigenvalue weighted by Gasteiger charge is -2.08. The van der Waals surface area contributed by atoms with Gasteiger partial charge >= 0.3 is 0 Å². The first-order chi connectivity index (χ1) is 7.76. The predicted octanol–water partition coefficient (Wildman–Crippen LogP) is 2.02. The van der Waals surface area contributed by atoms with Gasteiger partial charge in [0.1, 0.15) is 17.2 Å². The second kappa shape index (κ2) is 7.46. The highest BCUT2D eigenvalue weighted by Gasteiger charge is 2.00. The van der Waals surface area contributed by atoms with Gasteiger partial charge in [0.2, 0.25) is 0 Å². The Hall–Kier alpha value is -0.810. The molecule has 1 aromatic heterocycles. The summed E-state index contributed by atoms with van der Waals surface area (Å²) in [5.41, 5.74) is 0. The highest BCUT2D eigenvalue weighted by molar-refractivity contribution is 7.98. The third-order valence-electron chi connectivity index (χ3n) is 2.34. The number of aliphatic hydroxyl groups excluding tert-OH is 1. The SMILES string of the molecule is CSc1cc(NCCCC(C)CO)ncn1. The average molecular weight is 241 g/mol. The maximum absolute atomic E-state index is 8.88. The Balaban J connectivity index is 2.26. The van der Waals surface area contributed by atoms with E-state index < -0.39 is 0 Å². The fraction of sp³-hybridized carbons (Fsp3) is 0.636. The number of hydrogen-bond donors (Lipinski definition) is 2. The summed E-state index contributed by atoms with van der Waals surface area (Å²) >= 11 is 1.61. The standard InChI is InChI=1S/C11H19N3OS/c1-9(7-15)4-3-5-12-10-6-11(16-2)14-8-13-10/h6,8-9,15H,3-5,7H2,1-2H3,(H,12,13,14). The van der Waals surface area contributed by atoms with Crippen LogP contribution in [0.4, 0.5) is 5.82 Å². The molecule has 1 aromatic rings. The summed E-state index contributed by atoms with van der Waals surface area (Å²) in [5.74, 6) is 1.25. The second-order valence-corrected chi connectivity index (χ2v) is 4.63. The van der Waals surface area contributed by atoms with Gasteiger partial charge in [-0.2, -0.15) is 0 Å². The molecule has 0 aliphatic heterocycles. The summed E-state index contributed by atoms with van der Waals surface area (Å²) in [6, 6.07) is 1.94. The van der Waals surface area contributed by atoms with Crippen LogP contribution < -0.4 is 5.32 Å². The molecule has 0 saturated heterocycles. The molecule has 0 amide bonds. The minimum Gasteiger partial charge on any atom is -0.396 e. The lowest BCUT2D eigenvalue weighted by Crippen LogP contribution is -2.07. The van der Waals surface area contributed by atoms with Crippen molar-refractivity contribution in [3.8, 4) is 0 Å². The smallest absolute Gasteiger partial charge is 0.130 e. The largest absolute Gasteiger partial charge is 0.396 e. The first-order valence-corrected chi connectivity index (χ1v) is 6.69. The number of nitrogens with one attached hydrogen (secondary N) is 1. The van der Waals surface area contributed by atoms with Crippen molar-refractivity contribution in [1.29, 1.82) is 0 Å². The summed E-state index contributed by atoms with van der Waals surface area (Å²) in [6.45, 7) is 3.20. The summed E-state index contributed by atoms with van der Waals surface area (Å²) in [7, 11) is 0. The number of nitrogens with zero attached hydrogens (tertiary/aromatic N) is 2. The van der Waals surface area contributed by atoms with Crippen molar-refractivity contribution in [3.05, 3.63) is 12.4 Å². The van der Waals surface area contributed by atoms with Gasteiger partial charge in [0.15, 0.2) is 0 Å². The molecule has 4 nitrogen and oxygen atoms in total. The van der Waals surface area contributed by atoms with E-state index in [1.807, 2.05) is 12.3 Å². The van der Waals surface area contributed by atoms with Crippen molar-refractivity contribution >= 4 is 17.6 Å². The van der Waals surface area contributed by atoms with Crippen molar-refractivity contribution in [2.24, 2.45) is 5.92 Å². The van der Waals surface area contributed by atoms with Crippen LogP contribution in [-0.4, -0.2) is 34.5 Å². The molecule has 1 rings (SSSR count). The van der Waals surface area contributed by atoms with Crippen LogP contribution in [0, 0.1) is 5.92 Å². The van der Waals surface area contributed by atoms with E-state index in [0.717, 1.165) is 30.2 Å². The molecule has 16 heavy (non-hydrogen) atoms. The van der Waals surface area contributed by atoms with E-state index in [1.165, 1.54) is 0 Å². The van der Waals surface area contributed by atoms with Gasteiger partial charge in [-0.1, -0.05) is 6.92 Å². The van der Waals surface area contributed by atoms with Gasteiger partial charge < -0.3 is 10.4 Å². The highest BCUT2D eigenvalue weighted by Crippen LogP contribution is 2.13. The second-order valence-electron chi connectivity index (χ2n) is 3.80. The van der Waals surface area contributed by atoms with E-state index in [0.29, 0.717) is 5.92 Å². The highest BCUT2D eigenvalue weighted by atomic mass is 32.2. The molecule has 1 heterocycles. The Kier molecular flexibility index (Phi) is 6.18. The molecule has 0 saturated carbocycles. The fourth-order valence-electron chi connectivity index (χ4n) is 1.31. The molecule has 0 aromatic carbocycles. The van der Waals surface area contributed by atoms with Crippen molar-refractivity contribution in [2.45, 2.75) is 24.8 Å². The Labute approximate surface area is 101 Å². The molecular formula is C11H19N3OS. The molecule has 5 heteroatoms. The van der Waals surface area contributed by atoms with Crippen molar-refractivity contribution in [3.63, 3.8) is 0 Å². The third kappa shape index (κ3) is 4.81. The molecule has 0 fully saturated rings. The van der Waals surface area contributed by atoms with Gasteiger partial charge in [-0.25, -0.2) is 9.97 Å². The van der Waals surface area contributed by atoms with E-state index >= 15 is 0 Å². The summed E-state index contributed by atoms with van der Waals surface area (Å²) in [6.07, 6.45) is 5.64. The maximum atomic E-state index is 8.88. The lowest BCUT2D eigenvalue weighted by molar-refractivity contribution is 0.229. The van der Waals surface area contributed by atoms with E-state index in [9.17, 15) is 0 Å². The first-order valence-electron chi connectivity index (χ1n) is 5.47. The molecule has 2 N–H and O–H groups in total. The van der Waals surface area contributed by atoms with Crippen LogP contribution in [0.1, 0.15) is 19.8 Å². The number of thioether (sulfide) groups is 1. The summed E-state index contributed by atoms with van der Waals surface area (Å²) in [5, 5.41) is 13.1. The van der Waals surface area contributed by atoms with Crippen LogP contribution in [0.3, 0.4) is 0 Å². The zero-order chi connectivity index (χ0) is 11.8. The van der Waals surface area contributed by atoms with Gasteiger partial charge in [-0.3, -0.25) is 0 Å². The maximum Gasteiger partial charge on any atom is 0.130 e. The minimum atomic E-state index is 0.268. The molecule has 1 unspecified atom stereocenters. The number of aliphatic hydroxyl groups is 1. The minimum absolute atomic E-state index is 0.268. The number of anilines is 1. The van der Waals surface area contributed by atoms with E-state index in [4.69, 9.17) is 5.11 Å². The molecule has 1 atom stereocenters.